The largest absolute Gasteiger partial charge is 0.383 e. The Hall–Kier alpha value is -2.30. The second-order valence-electron chi connectivity index (χ2n) is 5.08. The van der Waals surface area contributed by atoms with Gasteiger partial charge in [-0.25, -0.2) is 4.68 Å². The van der Waals surface area contributed by atoms with Crippen LogP contribution in [0, 0.1) is 27.7 Å². The van der Waals surface area contributed by atoms with Gasteiger partial charge in [0.2, 0.25) is 0 Å². The molecule has 0 spiro atoms. The number of rotatable bonds is 1. The van der Waals surface area contributed by atoms with Crippen molar-refractivity contribution in [1.82, 2.24) is 20.0 Å². The van der Waals surface area contributed by atoms with Crippen molar-refractivity contribution in [2.45, 2.75) is 27.7 Å². The summed E-state index contributed by atoms with van der Waals surface area (Å²) in [5.41, 5.74) is 12.3. The monoisotopic (exact) mass is 255 g/mol. The van der Waals surface area contributed by atoms with Crippen LogP contribution in [0.3, 0.4) is 0 Å². The summed E-state index contributed by atoms with van der Waals surface area (Å²) >= 11 is 0. The third-order valence-electron chi connectivity index (χ3n) is 3.43. The zero-order valence-electron chi connectivity index (χ0n) is 11.6. The summed E-state index contributed by atoms with van der Waals surface area (Å²) in [5, 5.41) is 12.6. The lowest BCUT2D eigenvalue weighted by atomic mass is 10.1. The fourth-order valence-electron chi connectivity index (χ4n) is 2.77. The van der Waals surface area contributed by atoms with Crippen LogP contribution in [0.25, 0.3) is 16.7 Å². The molecule has 0 atom stereocenters. The van der Waals surface area contributed by atoms with E-state index in [-0.39, 0.29) is 0 Å². The predicted octanol–water partition coefficient (Wildman–Crippen LogP) is 2.56. The summed E-state index contributed by atoms with van der Waals surface area (Å²) < 4.78 is 1.88. The van der Waals surface area contributed by atoms with E-state index in [2.05, 4.69) is 48.2 Å². The topological polar surface area (TPSA) is 72.5 Å². The highest BCUT2D eigenvalue weighted by molar-refractivity contribution is 5.89. The number of aromatic nitrogens is 4. The molecule has 0 aliphatic carbocycles. The van der Waals surface area contributed by atoms with E-state index in [0.29, 0.717) is 5.82 Å². The lowest BCUT2D eigenvalue weighted by Gasteiger charge is -2.11. The fourth-order valence-corrected chi connectivity index (χ4v) is 2.77. The van der Waals surface area contributed by atoms with Gasteiger partial charge < -0.3 is 5.73 Å². The Morgan fingerprint density at radius 2 is 1.74 bits per heavy atom. The highest BCUT2D eigenvalue weighted by Gasteiger charge is 2.17. The van der Waals surface area contributed by atoms with Crippen molar-refractivity contribution in [2.24, 2.45) is 0 Å². The minimum absolute atomic E-state index is 0.571. The Balaban J connectivity index is 2.37. The Labute approximate surface area is 111 Å². The number of nitrogens with two attached hydrogens (primary N) is 1. The molecule has 0 bridgehead atoms. The summed E-state index contributed by atoms with van der Waals surface area (Å²) in [6.45, 7) is 8.23. The van der Waals surface area contributed by atoms with Crippen molar-refractivity contribution < 1.29 is 0 Å². The number of nitrogens with one attached hydrogen (secondary N) is 1. The van der Waals surface area contributed by atoms with Gasteiger partial charge in [0.1, 0.15) is 5.82 Å². The van der Waals surface area contributed by atoms with E-state index in [1.807, 2.05) is 11.6 Å². The lowest BCUT2D eigenvalue weighted by molar-refractivity contribution is 0.852. The molecule has 0 fully saturated rings. The number of anilines is 1. The van der Waals surface area contributed by atoms with Crippen LogP contribution in [0.2, 0.25) is 0 Å². The molecule has 2 heterocycles. The number of hydrogen-bond acceptors (Lipinski definition) is 3. The van der Waals surface area contributed by atoms with Gasteiger partial charge in [0, 0.05) is 0 Å². The summed E-state index contributed by atoms with van der Waals surface area (Å²) in [7, 11) is 0. The van der Waals surface area contributed by atoms with Gasteiger partial charge in [0.25, 0.3) is 0 Å². The summed E-state index contributed by atoms with van der Waals surface area (Å²) in [6, 6.07) is 4.31. The van der Waals surface area contributed by atoms with Crippen molar-refractivity contribution in [3.8, 4) is 5.69 Å². The number of aryl methyl sites for hydroxylation is 4. The highest BCUT2D eigenvalue weighted by Crippen LogP contribution is 2.27. The van der Waals surface area contributed by atoms with Gasteiger partial charge >= 0.3 is 0 Å². The zero-order valence-corrected chi connectivity index (χ0v) is 11.6. The van der Waals surface area contributed by atoms with Crippen molar-refractivity contribution in [3.05, 3.63) is 34.5 Å². The number of nitrogen functional groups attached to an aromatic ring is 1. The molecule has 19 heavy (non-hydrogen) atoms. The lowest BCUT2D eigenvalue weighted by Crippen LogP contribution is -2.03. The van der Waals surface area contributed by atoms with Crippen LogP contribution in [0.15, 0.2) is 12.1 Å². The van der Waals surface area contributed by atoms with Gasteiger partial charge in [-0.05, 0) is 38.8 Å². The first-order chi connectivity index (χ1) is 8.99. The second-order valence-corrected chi connectivity index (χ2v) is 5.08. The van der Waals surface area contributed by atoms with Crippen LogP contribution in [0.1, 0.15) is 22.4 Å². The summed E-state index contributed by atoms with van der Waals surface area (Å²) in [6.07, 6.45) is 0. The van der Waals surface area contributed by atoms with E-state index in [1.54, 1.807) is 0 Å². The summed E-state index contributed by atoms with van der Waals surface area (Å²) in [5.74, 6) is 0.571. The first kappa shape index (κ1) is 11.8. The van der Waals surface area contributed by atoms with Crippen molar-refractivity contribution in [3.63, 3.8) is 0 Å². The van der Waals surface area contributed by atoms with Gasteiger partial charge in [-0.2, -0.15) is 10.2 Å². The van der Waals surface area contributed by atoms with Crippen LogP contribution in [0.5, 0.6) is 0 Å². The first-order valence-electron chi connectivity index (χ1n) is 6.26. The maximum atomic E-state index is 5.90. The van der Waals surface area contributed by atoms with Gasteiger partial charge in [-0.3, -0.25) is 5.10 Å². The average molecular weight is 255 g/mol. The average Bonchev–Trinajstić information content (AvgIpc) is 2.81. The molecule has 0 unspecified atom stereocenters. The number of aromatic amines is 1. The Morgan fingerprint density at radius 3 is 2.37 bits per heavy atom. The quantitative estimate of drug-likeness (QED) is 0.702. The number of benzene rings is 1. The van der Waals surface area contributed by atoms with Gasteiger partial charge in [-0.1, -0.05) is 17.7 Å². The minimum Gasteiger partial charge on any atom is -0.383 e. The molecule has 3 N–H and O–H groups in total. The molecule has 0 saturated carbocycles. The Morgan fingerprint density at radius 1 is 1.11 bits per heavy atom. The molecule has 0 saturated heterocycles. The first-order valence-corrected chi connectivity index (χ1v) is 6.26. The number of nitrogens with zero attached hydrogens (tertiary/aromatic N) is 3. The molecular weight excluding hydrogens is 238 g/mol. The van der Waals surface area contributed by atoms with Crippen LogP contribution >= 0.6 is 0 Å². The van der Waals surface area contributed by atoms with E-state index >= 15 is 0 Å². The zero-order chi connectivity index (χ0) is 13.7. The Kier molecular flexibility index (Phi) is 2.38. The van der Waals surface area contributed by atoms with Gasteiger partial charge in [0.05, 0.1) is 16.8 Å². The highest BCUT2D eigenvalue weighted by atomic mass is 15.4. The molecule has 0 aliphatic rings. The smallest absolute Gasteiger partial charge is 0.186 e. The van der Waals surface area contributed by atoms with Crippen molar-refractivity contribution in [2.75, 3.05) is 5.73 Å². The predicted molar refractivity (Wildman–Crippen MR) is 76.6 cm³/mol. The van der Waals surface area contributed by atoms with E-state index in [1.165, 1.54) is 16.7 Å². The van der Waals surface area contributed by atoms with Crippen LogP contribution in [-0.4, -0.2) is 20.0 Å². The SMILES string of the molecule is Cc1cc(C)c(-n2nc(C)c3c(N)[nH]nc32)c(C)c1. The maximum absolute atomic E-state index is 5.90. The third-order valence-corrected chi connectivity index (χ3v) is 3.43. The summed E-state index contributed by atoms with van der Waals surface area (Å²) in [4.78, 5) is 0. The Bertz CT molecular complexity index is 756. The standard InChI is InChI=1S/C14H17N5/c1-7-5-8(2)12(9(3)6-7)19-14-11(10(4)18-19)13(15)16-17-14/h5-6H,1-4H3,(H3,15,16,17). The molecule has 0 amide bonds. The molecular formula is C14H17N5. The third kappa shape index (κ3) is 1.62. The van der Waals surface area contributed by atoms with E-state index in [4.69, 9.17) is 5.73 Å². The molecule has 0 aliphatic heterocycles. The second kappa shape index (κ2) is 3.85. The molecule has 0 radical (unpaired) electrons. The minimum atomic E-state index is 0.571. The number of hydrogen-bond donors (Lipinski definition) is 2. The molecule has 5 heteroatoms. The molecule has 2 aromatic heterocycles. The van der Waals surface area contributed by atoms with Gasteiger partial charge in [-0.15, -0.1) is 0 Å². The molecule has 1 aromatic carbocycles. The van der Waals surface area contributed by atoms with Crippen LogP contribution in [0.4, 0.5) is 5.82 Å². The molecule has 3 aromatic rings. The maximum Gasteiger partial charge on any atom is 0.186 e. The van der Waals surface area contributed by atoms with Gasteiger partial charge in [0.15, 0.2) is 5.65 Å². The van der Waals surface area contributed by atoms with E-state index in [9.17, 15) is 0 Å². The van der Waals surface area contributed by atoms with Crippen molar-refractivity contribution >= 4 is 16.9 Å². The normalized spacial score (nSPS) is 11.4. The fraction of sp³-hybridized carbons (Fsp3) is 0.286. The van der Waals surface area contributed by atoms with Crippen molar-refractivity contribution in [1.29, 1.82) is 0 Å². The molecule has 98 valence electrons. The van der Waals surface area contributed by atoms with Crippen LogP contribution < -0.4 is 5.73 Å². The number of fused-ring (bicyclic) bond motifs is 1. The van der Waals surface area contributed by atoms with E-state index in [0.717, 1.165) is 22.4 Å². The molecule has 3 rings (SSSR count). The number of H-pyrrole nitrogens is 1. The van der Waals surface area contributed by atoms with Crippen LogP contribution in [-0.2, 0) is 0 Å². The molecule has 5 nitrogen and oxygen atoms in total. The van der Waals surface area contributed by atoms with E-state index < -0.39 is 0 Å².